The first-order chi connectivity index (χ1) is 10.0. The van der Waals surface area contributed by atoms with E-state index in [0.29, 0.717) is 0 Å². The largest absolute Gasteiger partial charge is 0.388 e. The number of benzene rings is 1. The summed E-state index contributed by atoms with van der Waals surface area (Å²) < 4.78 is 0. The fourth-order valence-corrected chi connectivity index (χ4v) is 2.80. The number of carbonyl (C=O) groups excluding carboxylic acids is 1. The Morgan fingerprint density at radius 1 is 1.24 bits per heavy atom. The van der Waals surface area contributed by atoms with Crippen molar-refractivity contribution in [1.82, 2.24) is 15.0 Å². The molecule has 1 aromatic carbocycles. The van der Waals surface area contributed by atoms with E-state index in [0.717, 1.165) is 45.1 Å². The van der Waals surface area contributed by atoms with Crippen molar-refractivity contribution in [1.29, 1.82) is 0 Å². The number of imidazole rings is 1. The van der Waals surface area contributed by atoms with Crippen LogP contribution in [0.1, 0.15) is 28.5 Å². The molecule has 5 heteroatoms. The summed E-state index contributed by atoms with van der Waals surface area (Å²) in [5.74, 6) is 0.826. The molecule has 0 fully saturated rings. The van der Waals surface area contributed by atoms with Gasteiger partial charge in [-0.2, -0.15) is 0 Å². The van der Waals surface area contributed by atoms with Crippen molar-refractivity contribution < 1.29 is 4.79 Å². The second-order valence-electron chi connectivity index (χ2n) is 5.25. The fourth-order valence-electron chi connectivity index (χ4n) is 2.80. The van der Waals surface area contributed by atoms with Gasteiger partial charge in [0.15, 0.2) is 11.6 Å². The molecule has 0 aliphatic carbocycles. The molecule has 0 amide bonds. The van der Waals surface area contributed by atoms with Crippen LogP contribution in [0.5, 0.6) is 0 Å². The minimum absolute atomic E-state index is 0.0704. The molecular formula is C16H18N4O. The third-order valence-corrected chi connectivity index (χ3v) is 3.80. The first-order valence-electron chi connectivity index (χ1n) is 6.89. The molecule has 3 aromatic rings. The van der Waals surface area contributed by atoms with E-state index in [9.17, 15) is 4.79 Å². The van der Waals surface area contributed by atoms with Crippen LogP contribution in [0.15, 0.2) is 18.2 Å². The molecule has 2 aromatic heterocycles. The van der Waals surface area contributed by atoms with Gasteiger partial charge in [0.25, 0.3) is 0 Å². The molecule has 0 spiro atoms. The van der Waals surface area contributed by atoms with Gasteiger partial charge in [-0.15, -0.1) is 0 Å². The predicted molar refractivity (Wildman–Crippen MR) is 84.9 cm³/mol. The molecule has 0 aliphatic heterocycles. The highest BCUT2D eigenvalue weighted by molar-refractivity contribution is 5.98. The number of Topliss-reactive ketones (excluding diaryl/α,β-unsaturated/α-hetero) is 1. The molecule has 21 heavy (non-hydrogen) atoms. The number of carbonyl (C=O) groups is 1. The molecule has 0 aliphatic rings. The molecule has 108 valence electrons. The number of nitrogens with zero attached hydrogens (tertiary/aromatic N) is 1. The average molecular weight is 282 g/mol. The highest BCUT2D eigenvalue weighted by Crippen LogP contribution is 2.28. The maximum absolute atomic E-state index is 11.7. The Hall–Kier alpha value is -2.56. The van der Waals surface area contributed by atoms with E-state index in [1.807, 2.05) is 39.1 Å². The topological polar surface area (TPSA) is 73.6 Å². The number of aryl methyl sites for hydroxylation is 1. The number of rotatable bonds is 3. The van der Waals surface area contributed by atoms with Crippen LogP contribution in [0.4, 0.5) is 5.69 Å². The number of hydrogen-bond acceptors (Lipinski definition) is 3. The smallest absolute Gasteiger partial charge is 0.161 e. The minimum Gasteiger partial charge on any atom is -0.388 e. The average Bonchev–Trinajstić information content (AvgIpc) is 2.98. The second-order valence-corrected chi connectivity index (χ2v) is 5.25. The van der Waals surface area contributed by atoms with Gasteiger partial charge in [0.1, 0.15) is 0 Å². The quantitative estimate of drug-likeness (QED) is 0.644. The van der Waals surface area contributed by atoms with Crippen LogP contribution in [0, 0.1) is 13.8 Å². The zero-order valence-electron chi connectivity index (χ0n) is 12.6. The lowest BCUT2D eigenvalue weighted by atomic mass is 10.1. The Morgan fingerprint density at radius 3 is 2.62 bits per heavy atom. The monoisotopic (exact) mass is 282 g/mol. The summed E-state index contributed by atoms with van der Waals surface area (Å²) in [5, 5.41) is 3.11. The summed E-state index contributed by atoms with van der Waals surface area (Å²) in [5.41, 5.74) is 6.34. The maximum Gasteiger partial charge on any atom is 0.161 e. The van der Waals surface area contributed by atoms with Gasteiger partial charge >= 0.3 is 0 Å². The van der Waals surface area contributed by atoms with E-state index in [1.54, 1.807) is 6.92 Å². The standard InChI is InChI=1S/C16H18N4O/c1-8-14(10(3)21)9(2)18-15(8)16-19-12-6-5-11(17-4)7-13(12)20-16/h5-7,17-18H,1-4H3,(H,19,20). The summed E-state index contributed by atoms with van der Waals surface area (Å²) in [6.07, 6.45) is 0. The van der Waals surface area contributed by atoms with Crippen LogP contribution < -0.4 is 5.32 Å². The zero-order valence-corrected chi connectivity index (χ0v) is 12.6. The molecule has 0 bridgehead atoms. The zero-order chi connectivity index (χ0) is 15.1. The number of anilines is 1. The lowest BCUT2D eigenvalue weighted by molar-refractivity contribution is 0.101. The molecule has 0 atom stereocenters. The van der Waals surface area contributed by atoms with Gasteiger partial charge in [0, 0.05) is 24.0 Å². The van der Waals surface area contributed by atoms with Gasteiger partial charge in [-0.1, -0.05) is 0 Å². The summed E-state index contributed by atoms with van der Waals surface area (Å²) in [7, 11) is 1.88. The van der Waals surface area contributed by atoms with Gasteiger partial charge in [-0.25, -0.2) is 4.98 Å². The maximum atomic E-state index is 11.7. The molecule has 3 rings (SSSR count). The first-order valence-corrected chi connectivity index (χ1v) is 6.89. The van der Waals surface area contributed by atoms with Crippen molar-refractivity contribution in [2.45, 2.75) is 20.8 Å². The van der Waals surface area contributed by atoms with Gasteiger partial charge in [-0.05, 0) is 44.5 Å². The lowest BCUT2D eigenvalue weighted by Gasteiger charge is -1.97. The predicted octanol–water partition coefficient (Wildman–Crippen LogP) is 3.42. The Balaban J connectivity index is 2.17. The molecule has 0 saturated carbocycles. The molecular weight excluding hydrogens is 264 g/mol. The van der Waals surface area contributed by atoms with Gasteiger partial charge in [0.05, 0.1) is 16.7 Å². The van der Waals surface area contributed by atoms with Crippen LogP contribution in [0.3, 0.4) is 0 Å². The van der Waals surface area contributed by atoms with E-state index in [4.69, 9.17) is 0 Å². The normalized spacial score (nSPS) is 11.0. The third-order valence-electron chi connectivity index (χ3n) is 3.80. The van der Waals surface area contributed by atoms with Crippen molar-refractivity contribution in [3.63, 3.8) is 0 Å². The summed E-state index contributed by atoms with van der Waals surface area (Å²) in [4.78, 5) is 22.9. The van der Waals surface area contributed by atoms with Crippen molar-refractivity contribution in [3.8, 4) is 11.5 Å². The highest BCUT2D eigenvalue weighted by Gasteiger charge is 2.18. The SMILES string of the molecule is CNc1ccc2nc(-c3[nH]c(C)c(C(C)=O)c3C)[nH]c2c1. The molecule has 3 N–H and O–H groups in total. The number of aromatic nitrogens is 3. The van der Waals surface area contributed by atoms with Crippen LogP contribution >= 0.6 is 0 Å². The second kappa shape index (κ2) is 4.77. The Bertz CT molecular complexity index is 841. The first kappa shape index (κ1) is 13.4. The summed E-state index contributed by atoms with van der Waals surface area (Å²) >= 11 is 0. The molecule has 5 nitrogen and oxygen atoms in total. The Kier molecular flexibility index (Phi) is 3.05. The molecule has 0 radical (unpaired) electrons. The van der Waals surface area contributed by atoms with Gasteiger partial charge in [0.2, 0.25) is 0 Å². The van der Waals surface area contributed by atoms with Gasteiger partial charge in [-0.3, -0.25) is 4.79 Å². The number of H-pyrrole nitrogens is 2. The van der Waals surface area contributed by atoms with Crippen molar-refractivity contribution >= 4 is 22.5 Å². The third kappa shape index (κ3) is 2.11. The van der Waals surface area contributed by atoms with Gasteiger partial charge < -0.3 is 15.3 Å². The molecule has 0 saturated heterocycles. The highest BCUT2D eigenvalue weighted by atomic mass is 16.1. The van der Waals surface area contributed by atoms with Crippen LogP contribution in [-0.4, -0.2) is 27.8 Å². The van der Waals surface area contributed by atoms with Crippen LogP contribution in [-0.2, 0) is 0 Å². The van der Waals surface area contributed by atoms with Crippen LogP contribution in [0.2, 0.25) is 0 Å². The Morgan fingerprint density at radius 2 is 2.00 bits per heavy atom. The van der Waals surface area contributed by atoms with Crippen molar-refractivity contribution in [3.05, 3.63) is 35.0 Å². The van der Waals surface area contributed by atoms with Crippen molar-refractivity contribution in [2.75, 3.05) is 12.4 Å². The number of aromatic amines is 2. The number of hydrogen-bond donors (Lipinski definition) is 3. The van der Waals surface area contributed by atoms with E-state index in [1.165, 1.54) is 0 Å². The van der Waals surface area contributed by atoms with E-state index < -0.39 is 0 Å². The summed E-state index contributed by atoms with van der Waals surface area (Å²) in [6, 6.07) is 5.97. The number of ketones is 1. The number of fused-ring (bicyclic) bond motifs is 1. The van der Waals surface area contributed by atoms with E-state index in [-0.39, 0.29) is 5.78 Å². The number of nitrogens with one attached hydrogen (secondary N) is 3. The van der Waals surface area contributed by atoms with Crippen LogP contribution in [0.25, 0.3) is 22.6 Å². The van der Waals surface area contributed by atoms with Crippen molar-refractivity contribution in [2.24, 2.45) is 0 Å². The van der Waals surface area contributed by atoms with E-state index in [2.05, 4.69) is 20.3 Å². The molecule has 2 heterocycles. The Labute approximate surface area is 122 Å². The lowest BCUT2D eigenvalue weighted by Crippen LogP contribution is -1.94. The van der Waals surface area contributed by atoms with E-state index >= 15 is 0 Å². The summed E-state index contributed by atoms with van der Waals surface area (Å²) in [6.45, 7) is 5.45. The fraction of sp³-hybridized carbons (Fsp3) is 0.250. The minimum atomic E-state index is 0.0704. The molecule has 0 unspecified atom stereocenters.